The summed E-state index contributed by atoms with van der Waals surface area (Å²) in [4.78, 5) is 11.6. The molecule has 1 amide bonds. The average Bonchev–Trinajstić information content (AvgIpc) is 2.60. The molecular formula is C17H17ClFNO4. The maximum atomic E-state index is 13.2. The molecule has 0 bridgehead atoms. The Hall–Kier alpha value is -2.15. The number of carbonyl (C=O) groups is 1. The number of halogens is 2. The maximum absolute atomic E-state index is 13.2. The van der Waals surface area contributed by atoms with E-state index in [-0.39, 0.29) is 23.7 Å². The number of amides is 1. The summed E-state index contributed by atoms with van der Waals surface area (Å²) in [5.74, 6) is -0.587. The van der Waals surface area contributed by atoms with E-state index in [1.54, 1.807) is 12.1 Å². The number of aliphatic hydroxyl groups excluding tert-OH is 2. The molecule has 0 saturated carbocycles. The fraction of sp³-hybridized carbons (Fsp3) is 0.235. The molecule has 0 spiro atoms. The highest BCUT2D eigenvalue weighted by Gasteiger charge is 2.22. The monoisotopic (exact) mass is 353 g/mol. The molecule has 0 fully saturated rings. The van der Waals surface area contributed by atoms with Crippen LogP contribution in [0.25, 0.3) is 0 Å². The van der Waals surface area contributed by atoms with Gasteiger partial charge in [0.15, 0.2) is 0 Å². The van der Waals surface area contributed by atoms with Gasteiger partial charge in [-0.15, -0.1) is 0 Å². The van der Waals surface area contributed by atoms with Crippen LogP contribution in [0.4, 0.5) is 9.18 Å². The summed E-state index contributed by atoms with van der Waals surface area (Å²) in [5.41, 5.74) is 0.864. The summed E-state index contributed by atoms with van der Waals surface area (Å²) in [7, 11) is 0. The summed E-state index contributed by atoms with van der Waals surface area (Å²) in [6.07, 6.45) is -3.55. The zero-order valence-corrected chi connectivity index (χ0v) is 13.4. The topological polar surface area (TPSA) is 78.8 Å². The molecule has 0 aliphatic carbocycles. The third-order valence-corrected chi connectivity index (χ3v) is 3.65. The van der Waals surface area contributed by atoms with Gasteiger partial charge in [0.25, 0.3) is 0 Å². The van der Waals surface area contributed by atoms with Gasteiger partial charge in [-0.05, 0) is 23.8 Å². The van der Waals surface area contributed by atoms with Gasteiger partial charge in [0.05, 0.1) is 0 Å². The summed E-state index contributed by atoms with van der Waals surface area (Å²) in [6.45, 7) is -0.192. The first-order valence-corrected chi connectivity index (χ1v) is 7.61. The highest BCUT2D eigenvalue weighted by Crippen LogP contribution is 2.26. The van der Waals surface area contributed by atoms with Crippen molar-refractivity contribution in [2.45, 2.75) is 18.8 Å². The van der Waals surface area contributed by atoms with Gasteiger partial charge in [-0.2, -0.15) is 0 Å². The van der Waals surface area contributed by atoms with Crippen LogP contribution in [0.3, 0.4) is 0 Å². The van der Waals surface area contributed by atoms with Crippen molar-refractivity contribution in [2.75, 3.05) is 6.54 Å². The SMILES string of the molecule is O=C(NCC(O)C(O)c1cc(F)ccc1Cl)OCc1ccccc1. The number of benzene rings is 2. The number of ether oxygens (including phenoxy) is 1. The van der Waals surface area contributed by atoms with Crippen molar-refractivity contribution in [3.8, 4) is 0 Å². The lowest BCUT2D eigenvalue weighted by Crippen LogP contribution is -2.35. The van der Waals surface area contributed by atoms with Crippen LogP contribution in [-0.4, -0.2) is 29.0 Å². The lowest BCUT2D eigenvalue weighted by Gasteiger charge is -2.19. The second-order valence-corrected chi connectivity index (χ2v) is 5.53. The van der Waals surface area contributed by atoms with E-state index in [4.69, 9.17) is 16.3 Å². The molecular weight excluding hydrogens is 337 g/mol. The van der Waals surface area contributed by atoms with Crippen LogP contribution < -0.4 is 5.32 Å². The van der Waals surface area contributed by atoms with E-state index in [1.165, 1.54) is 6.07 Å². The summed E-state index contributed by atoms with van der Waals surface area (Å²) in [6, 6.07) is 12.5. The lowest BCUT2D eigenvalue weighted by molar-refractivity contribution is 0.0183. The minimum absolute atomic E-state index is 0.0450. The van der Waals surface area contributed by atoms with Crippen molar-refractivity contribution in [3.63, 3.8) is 0 Å². The number of rotatable bonds is 6. The number of nitrogens with one attached hydrogen (secondary N) is 1. The molecule has 3 N–H and O–H groups in total. The van der Waals surface area contributed by atoms with Gasteiger partial charge in [0, 0.05) is 17.1 Å². The van der Waals surface area contributed by atoms with Crippen molar-refractivity contribution in [1.82, 2.24) is 5.32 Å². The second kappa shape index (κ2) is 8.63. The van der Waals surface area contributed by atoms with Crippen LogP contribution in [0.15, 0.2) is 48.5 Å². The number of carbonyl (C=O) groups excluding carboxylic acids is 1. The first-order valence-electron chi connectivity index (χ1n) is 7.23. The number of aliphatic hydroxyl groups is 2. The minimum atomic E-state index is -1.44. The van der Waals surface area contributed by atoms with Crippen LogP contribution in [0.2, 0.25) is 5.02 Å². The number of hydrogen-bond donors (Lipinski definition) is 3. The van der Waals surface area contributed by atoms with Crippen molar-refractivity contribution >= 4 is 17.7 Å². The summed E-state index contributed by atoms with van der Waals surface area (Å²) >= 11 is 5.87. The Morgan fingerprint density at radius 3 is 2.62 bits per heavy atom. The standard InChI is InChI=1S/C17H17ClFNO4/c18-14-7-6-12(19)8-13(14)16(22)15(21)9-20-17(23)24-10-11-4-2-1-3-5-11/h1-8,15-16,21-22H,9-10H2,(H,20,23). The lowest BCUT2D eigenvalue weighted by atomic mass is 10.0. The first-order chi connectivity index (χ1) is 11.5. The van der Waals surface area contributed by atoms with Crippen molar-refractivity contribution in [1.29, 1.82) is 0 Å². The van der Waals surface area contributed by atoms with E-state index >= 15 is 0 Å². The Bertz CT molecular complexity index is 684. The molecule has 0 aliphatic heterocycles. The van der Waals surface area contributed by atoms with Gasteiger partial charge in [-0.25, -0.2) is 9.18 Å². The maximum Gasteiger partial charge on any atom is 0.407 e. The van der Waals surface area contributed by atoms with E-state index in [0.717, 1.165) is 17.7 Å². The number of alkyl carbamates (subject to hydrolysis) is 1. The molecule has 0 saturated heterocycles. The van der Waals surface area contributed by atoms with Crippen molar-refractivity contribution in [3.05, 3.63) is 70.5 Å². The molecule has 7 heteroatoms. The molecule has 0 aromatic heterocycles. The van der Waals surface area contributed by atoms with Gasteiger partial charge in [0.2, 0.25) is 0 Å². The Kier molecular flexibility index (Phi) is 6.54. The Balaban J connectivity index is 1.82. The molecule has 2 unspecified atom stereocenters. The van der Waals surface area contributed by atoms with Crippen LogP contribution >= 0.6 is 11.6 Å². The molecule has 0 heterocycles. The fourth-order valence-electron chi connectivity index (χ4n) is 2.02. The van der Waals surface area contributed by atoms with E-state index in [0.29, 0.717) is 0 Å². The van der Waals surface area contributed by atoms with Crippen LogP contribution in [-0.2, 0) is 11.3 Å². The van der Waals surface area contributed by atoms with Gasteiger partial charge in [0.1, 0.15) is 24.6 Å². The predicted molar refractivity (Wildman–Crippen MR) is 87.0 cm³/mol. The molecule has 2 aromatic carbocycles. The van der Waals surface area contributed by atoms with Crippen molar-refractivity contribution < 1.29 is 24.1 Å². The molecule has 0 radical (unpaired) electrons. The van der Waals surface area contributed by atoms with Crippen molar-refractivity contribution in [2.24, 2.45) is 0 Å². The van der Waals surface area contributed by atoms with Crippen LogP contribution in [0, 0.1) is 5.82 Å². The molecule has 128 valence electrons. The van der Waals surface area contributed by atoms with Gasteiger partial charge in [-0.3, -0.25) is 0 Å². The third-order valence-electron chi connectivity index (χ3n) is 3.31. The van der Waals surface area contributed by atoms with Gasteiger partial charge >= 0.3 is 6.09 Å². The molecule has 2 atom stereocenters. The smallest absolute Gasteiger partial charge is 0.407 e. The predicted octanol–water partition coefficient (Wildman–Crippen LogP) is 2.80. The Morgan fingerprint density at radius 2 is 1.92 bits per heavy atom. The first kappa shape index (κ1) is 18.2. The molecule has 2 rings (SSSR count). The second-order valence-electron chi connectivity index (χ2n) is 5.12. The largest absolute Gasteiger partial charge is 0.445 e. The molecule has 2 aromatic rings. The highest BCUT2D eigenvalue weighted by atomic mass is 35.5. The van der Waals surface area contributed by atoms with E-state index in [9.17, 15) is 19.4 Å². The molecule has 24 heavy (non-hydrogen) atoms. The van der Waals surface area contributed by atoms with Gasteiger partial charge in [-0.1, -0.05) is 41.9 Å². The summed E-state index contributed by atoms with van der Waals surface area (Å²) in [5, 5.41) is 22.4. The quantitative estimate of drug-likeness (QED) is 0.746. The van der Waals surface area contributed by atoms with E-state index in [1.807, 2.05) is 18.2 Å². The van der Waals surface area contributed by atoms with E-state index < -0.39 is 24.1 Å². The van der Waals surface area contributed by atoms with Gasteiger partial charge < -0.3 is 20.3 Å². The molecule has 0 aliphatic rings. The average molecular weight is 354 g/mol. The summed E-state index contributed by atoms with van der Waals surface area (Å²) < 4.78 is 18.2. The van der Waals surface area contributed by atoms with Crippen LogP contribution in [0.5, 0.6) is 0 Å². The molecule has 5 nitrogen and oxygen atoms in total. The van der Waals surface area contributed by atoms with Crippen LogP contribution in [0.1, 0.15) is 17.2 Å². The third kappa shape index (κ3) is 5.19. The highest BCUT2D eigenvalue weighted by molar-refractivity contribution is 6.31. The minimum Gasteiger partial charge on any atom is -0.445 e. The van der Waals surface area contributed by atoms with E-state index in [2.05, 4.69) is 5.32 Å². The Morgan fingerprint density at radius 1 is 1.21 bits per heavy atom. The number of hydrogen-bond acceptors (Lipinski definition) is 4. The zero-order valence-electron chi connectivity index (χ0n) is 12.7. The zero-order chi connectivity index (χ0) is 17.5. The normalized spacial score (nSPS) is 13.2. The Labute approximate surface area is 143 Å². The fourth-order valence-corrected chi connectivity index (χ4v) is 2.25.